The van der Waals surface area contributed by atoms with E-state index in [0.717, 1.165) is 48.3 Å². The molecule has 0 saturated carbocycles. The molecular weight excluding hydrogens is 398 g/mol. The molecule has 1 aliphatic rings. The predicted octanol–water partition coefficient (Wildman–Crippen LogP) is 3.51. The van der Waals surface area contributed by atoms with Crippen molar-refractivity contribution in [1.82, 2.24) is 24.7 Å². The molecule has 0 amide bonds. The number of benzene rings is 1. The van der Waals surface area contributed by atoms with Gasteiger partial charge in [-0.1, -0.05) is 35.9 Å². The van der Waals surface area contributed by atoms with Crippen molar-refractivity contribution in [2.24, 2.45) is 12.8 Å². The summed E-state index contributed by atoms with van der Waals surface area (Å²) < 4.78 is 1.83. The molecule has 3 aromatic heterocycles. The highest BCUT2D eigenvalue weighted by molar-refractivity contribution is 6.36. The molecule has 7 nitrogen and oxygen atoms in total. The summed E-state index contributed by atoms with van der Waals surface area (Å²) in [4.78, 5) is 14.2. The van der Waals surface area contributed by atoms with E-state index in [1.54, 1.807) is 12.5 Å². The van der Waals surface area contributed by atoms with Crippen LogP contribution in [-0.2, 0) is 12.5 Å². The predicted molar refractivity (Wildman–Crippen MR) is 120 cm³/mol. The number of nitrogens with zero attached hydrogens (tertiary/aromatic N) is 5. The number of nitrogens with one attached hydrogen (secondary N) is 1. The fraction of sp³-hybridized carbons (Fsp3) is 0.318. The van der Waals surface area contributed by atoms with Gasteiger partial charge in [-0.3, -0.25) is 4.68 Å². The van der Waals surface area contributed by atoms with Gasteiger partial charge in [-0.25, -0.2) is 9.97 Å². The second-order valence-corrected chi connectivity index (χ2v) is 8.42. The minimum atomic E-state index is -0.0528. The van der Waals surface area contributed by atoms with Crippen molar-refractivity contribution >= 4 is 28.5 Å². The van der Waals surface area contributed by atoms with Crippen LogP contribution in [0.25, 0.3) is 22.2 Å². The van der Waals surface area contributed by atoms with E-state index in [1.165, 1.54) is 11.1 Å². The molecule has 4 aromatic rings. The number of aryl methyl sites for hydroxylation is 1. The zero-order valence-corrected chi connectivity index (χ0v) is 17.6. The monoisotopic (exact) mass is 421 g/mol. The fourth-order valence-corrected chi connectivity index (χ4v) is 4.73. The van der Waals surface area contributed by atoms with Crippen LogP contribution in [0.4, 0.5) is 5.82 Å². The van der Waals surface area contributed by atoms with Crippen LogP contribution in [0.15, 0.2) is 49.2 Å². The van der Waals surface area contributed by atoms with Gasteiger partial charge in [0.2, 0.25) is 0 Å². The Balaban J connectivity index is 1.43. The molecule has 1 saturated heterocycles. The third-order valence-corrected chi connectivity index (χ3v) is 6.62. The Kier molecular flexibility index (Phi) is 4.72. The third-order valence-electron chi connectivity index (χ3n) is 6.33. The summed E-state index contributed by atoms with van der Waals surface area (Å²) in [6.45, 7) is 2.34. The Morgan fingerprint density at radius 3 is 2.77 bits per heavy atom. The lowest BCUT2D eigenvalue weighted by molar-refractivity contribution is 0.339. The maximum Gasteiger partial charge on any atom is 0.144 e. The van der Waals surface area contributed by atoms with Crippen LogP contribution in [0, 0.1) is 0 Å². The molecule has 0 radical (unpaired) electrons. The van der Waals surface area contributed by atoms with Crippen molar-refractivity contribution < 1.29 is 0 Å². The van der Waals surface area contributed by atoms with Gasteiger partial charge in [0.1, 0.15) is 17.8 Å². The fourth-order valence-electron chi connectivity index (χ4n) is 4.51. The van der Waals surface area contributed by atoms with Crippen LogP contribution in [0.5, 0.6) is 0 Å². The van der Waals surface area contributed by atoms with E-state index in [-0.39, 0.29) is 5.41 Å². The Bertz CT molecular complexity index is 1190. The molecule has 154 valence electrons. The van der Waals surface area contributed by atoms with Crippen molar-refractivity contribution in [3.05, 3.63) is 59.8 Å². The highest BCUT2D eigenvalue weighted by Gasteiger charge is 2.36. The summed E-state index contributed by atoms with van der Waals surface area (Å²) in [5.41, 5.74) is 10.7. The van der Waals surface area contributed by atoms with Crippen LogP contribution in [-0.4, -0.2) is 44.4 Å². The molecular formula is C22H24ClN7. The molecule has 1 aliphatic heterocycles. The van der Waals surface area contributed by atoms with Crippen LogP contribution >= 0.6 is 11.6 Å². The highest BCUT2D eigenvalue weighted by Crippen LogP contribution is 2.39. The number of aromatic nitrogens is 5. The second-order valence-electron chi connectivity index (χ2n) is 8.01. The molecule has 5 rings (SSSR count). The lowest BCUT2D eigenvalue weighted by Crippen LogP contribution is -2.47. The molecule has 0 unspecified atom stereocenters. The largest absolute Gasteiger partial charge is 0.356 e. The number of rotatable bonds is 4. The molecule has 0 aliphatic carbocycles. The number of piperidine rings is 1. The zero-order valence-electron chi connectivity index (χ0n) is 16.8. The molecule has 30 heavy (non-hydrogen) atoms. The maximum absolute atomic E-state index is 6.39. The molecule has 4 heterocycles. The van der Waals surface area contributed by atoms with Crippen LogP contribution in [0.1, 0.15) is 18.4 Å². The SMILES string of the molecule is Cn1cc(-c2cccc(C3(CN)CCN(c4ncnc5[nH]cc(Cl)c45)CC3)c2)cn1. The zero-order chi connectivity index (χ0) is 20.7. The lowest BCUT2D eigenvalue weighted by Gasteiger charge is -2.42. The van der Waals surface area contributed by atoms with E-state index in [2.05, 4.69) is 49.2 Å². The Morgan fingerprint density at radius 1 is 1.20 bits per heavy atom. The number of halogens is 1. The van der Waals surface area contributed by atoms with Crippen molar-refractivity contribution in [3.63, 3.8) is 0 Å². The van der Waals surface area contributed by atoms with Gasteiger partial charge in [-0.15, -0.1) is 0 Å². The Hall–Kier alpha value is -2.90. The average Bonchev–Trinajstić information content (AvgIpc) is 3.40. The molecule has 1 fully saturated rings. The number of hydrogen-bond acceptors (Lipinski definition) is 5. The van der Waals surface area contributed by atoms with Crippen LogP contribution in [0.2, 0.25) is 5.02 Å². The van der Waals surface area contributed by atoms with Crippen molar-refractivity contribution in [2.45, 2.75) is 18.3 Å². The standard InChI is InChI=1S/C22H24ClN7/c1-29-12-16(10-28-29)15-3-2-4-17(9-15)22(13-24)5-7-30(8-6-22)21-19-18(23)11-25-20(19)26-14-27-21/h2-4,9-12,14H,5-8,13,24H2,1H3,(H,25,26,27). The number of hydrogen-bond donors (Lipinski definition) is 2. The van der Waals surface area contributed by atoms with Crippen molar-refractivity contribution in [3.8, 4) is 11.1 Å². The van der Waals surface area contributed by atoms with Crippen molar-refractivity contribution in [1.29, 1.82) is 0 Å². The first-order chi connectivity index (χ1) is 14.6. The van der Waals surface area contributed by atoms with Crippen LogP contribution < -0.4 is 10.6 Å². The minimum absolute atomic E-state index is 0.0528. The number of H-pyrrole nitrogens is 1. The molecule has 0 atom stereocenters. The molecule has 8 heteroatoms. The van der Waals surface area contributed by atoms with Crippen LogP contribution in [0.3, 0.4) is 0 Å². The first-order valence-corrected chi connectivity index (χ1v) is 10.5. The average molecular weight is 422 g/mol. The number of fused-ring (bicyclic) bond motifs is 1. The van der Waals surface area contributed by atoms with E-state index in [0.29, 0.717) is 11.6 Å². The van der Waals surface area contributed by atoms with Gasteiger partial charge >= 0.3 is 0 Å². The van der Waals surface area contributed by atoms with Crippen molar-refractivity contribution in [2.75, 3.05) is 24.5 Å². The van der Waals surface area contributed by atoms with Gasteiger partial charge in [-0.2, -0.15) is 5.10 Å². The Labute approximate surface area is 179 Å². The topological polar surface area (TPSA) is 88.6 Å². The molecule has 0 bridgehead atoms. The smallest absolute Gasteiger partial charge is 0.144 e. The summed E-state index contributed by atoms with van der Waals surface area (Å²) in [7, 11) is 1.94. The summed E-state index contributed by atoms with van der Waals surface area (Å²) in [5, 5.41) is 5.84. The van der Waals surface area contributed by atoms with E-state index in [9.17, 15) is 0 Å². The summed E-state index contributed by atoms with van der Waals surface area (Å²) >= 11 is 6.39. The maximum atomic E-state index is 6.39. The van der Waals surface area contributed by atoms with Gasteiger partial charge in [0.05, 0.1) is 16.6 Å². The van der Waals surface area contributed by atoms with Gasteiger partial charge in [0, 0.05) is 50.1 Å². The third kappa shape index (κ3) is 3.14. The van der Waals surface area contributed by atoms with Gasteiger partial charge in [0.25, 0.3) is 0 Å². The summed E-state index contributed by atoms with van der Waals surface area (Å²) in [5.74, 6) is 0.890. The first kappa shape index (κ1) is 19.1. The lowest BCUT2D eigenvalue weighted by atomic mass is 9.72. The first-order valence-electron chi connectivity index (χ1n) is 10.1. The van der Waals surface area contributed by atoms with Gasteiger partial charge < -0.3 is 15.6 Å². The van der Waals surface area contributed by atoms with E-state index < -0.39 is 0 Å². The van der Waals surface area contributed by atoms with Gasteiger partial charge in [-0.05, 0) is 24.0 Å². The minimum Gasteiger partial charge on any atom is -0.356 e. The molecule has 3 N–H and O–H groups in total. The molecule has 0 spiro atoms. The number of anilines is 1. The molecule has 1 aromatic carbocycles. The highest BCUT2D eigenvalue weighted by atomic mass is 35.5. The summed E-state index contributed by atoms with van der Waals surface area (Å²) in [6.07, 6.45) is 9.20. The van der Waals surface area contributed by atoms with E-state index in [4.69, 9.17) is 17.3 Å². The normalized spacial score (nSPS) is 16.3. The quantitative estimate of drug-likeness (QED) is 0.526. The second kappa shape index (κ2) is 7.41. The van der Waals surface area contributed by atoms with E-state index in [1.807, 2.05) is 24.1 Å². The number of aromatic amines is 1. The Morgan fingerprint density at radius 2 is 2.03 bits per heavy atom. The van der Waals surface area contributed by atoms with E-state index >= 15 is 0 Å². The summed E-state index contributed by atoms with van der Waals surface area (Å²) in [6, 6.07) is 8.72. The number of nitrogens with two attached hydrogens (primary N) is 1. The van der Waals surface area contributed by atoms with Gasteiger partial charge in [0.15, 0.2) is 0 Å².